The maximum absolute atomic E-state index is 10.8. The molecule has 1 aliphatic heterocycles. The van der Waals surface area contributed by atoms with E-state index in [0.717, 1.165) is 30.9 Å². The third-order valence-electron chi connectivity index (χ3n) is 2.72. The van der Waals surface area contributed by atoms with Crippen LogP contribution in [0.25, 0.3) is 0 Å². The molecule has 15 heavy (non-hydrogen) atoms. The smallest absolute Gasteiger partial charge is 0.308 e. The lowest BCUT2D eigenvalue weighted by Gasteiger charge is -2.18. The van der Waals surface area contributed by atoms with Crippen LogP contribution in [0.15, 0.2) is 0 Å². The number of hydrogen-bond donors (Lipinski definition) is 1. The molecule has 1 N–H and O–H groups in total. The number of carbonyl (C=O) groups is 1. The predicted octanol–water partition coefficient (Wildman–Crippen LogP) is 0.878. The highest BCUT2D eigenvalue weighted by Gasteiger charge is 2.26. The topological polar surface area (TPSA) is 68.0 Å². The van der Waals surface area contributed by atoms with E-state index in [1.165, 1.54) is 0 Å². The van der Waals surface area contributed by atoms with Crippen molar-refractivity contribution in [2.24, 2.45) is 5.92 Å². The number of aliphatic carboxylic acids is 1. The molecule has 1 atom stereocenters. The number of carboxylic acid groups (broad SMARTS) is 1. The summed E-state index contributed by atoms with van der Waals surface area (Å²) in [7, 11) is 0. The van der Waals surface area contributed by atoms with Gasteiger partial charge in [0.1, 0.15) is 5.82 Å². The molecule has 1 aliphatic rings. The van der Waals surface area contributed by atoms with Gasteiger partial charge in [-0.2, -0.15) is 5.10 Å². The van der Waals surface area contributed by atoms with Gasteiger partial charge in [0.2, 0.25) is 0 Å². The van der Waals surface area contributed by atoms with Gasteiger partial charge < -0.3 is 5.11 Å². The fourth-order valence-electron chi connectivity index (χ4n) is 1.89. The standard InChI is InChI=1S/C10H15N3O2/c1-2-3-8-11-9-5-4-7(10(14)15)6-13(9)12-8/h7H,2-6H2,1H3,(H,14,15). The fourth-order valence-corrected chi connectivity index (χ4v) is 1.89. The summed E-state index contributed by atoms with van der Waals surface area (Å²) in [6.07, 6.45) is 3.30. The van der Waals surface area contributed by atoms with Crippen LogP contribution < -0.4 is 0 Å². The number of carboxylic acids is 1. The van der Waals surface area contributed by atoms with E-state index < -0.39 is 5.97 Å². The van der Waals surface area contributed by atoms with Crippen LogP contribution in [0.5, 0.6) is 0 Å². The van der Waals surface area contributed by atoms with Crippen LogP contribution in [0.3, 0.4) is 0 Å². The molecule has 0 radical (unpaired) electrons. The van der Waals surface area contributed by atoms with Crippen LogP contribution >= 0.6 is 0 Å². The number of rotatable bonds is 3. The third-order valence-corrected chi connectivity index (χ3v) is 2.72. The first kappa shape index (κ1) is 10.1. The Bertz CT molecular complexity index is 373. The normalized spacial score (nSPS) is 19.9. The molecular formula is C10H15N3O2. The summed E-state index contributed by atoms with van der Waals surface area (Å²) in [5, 5.41) is 13.2. The van der Waals surface area contributed by atoms with Crippen molar-refractivity contribution in [2.45, 2.75) is 39.2 Å². The van der Waals surface area contributed by atoms with Crippen molar-refractivity contribution >= 4 is 5.97 Å². The number of nitrogens with zero attached hydrogens (tertiary/aromatic N) is 3. The summed E-state index contributed by atoms with van der Waals surface area (Å²) in [4.78, 5) is 15.2. The highest BCUT2D eigenvalue weighted by molar-refractivity contribution is 5.70. The second kappa shape index (κ2) is 4.00. The zero-order chi connectivity index (χ0) is 10.8. The molecule has 2 heterocycles. The Balaban J connectivity index is 2.15. The van der Waals surface area contributed by atoms with E-state index in [-0.39, 0.29) is 5.92 Å². The van der Waals surface area contributed by atoms with Crippen LogP contribution in [0.2, 0.25) is 0 Å². The molecule has 0 fully saturated rings. The van der Waals surface area contributed by atoms with Crippen LogP contribution in [-0.2, 0) is 24.2 Å². The molecular weight excluding hydrogens is 194 g/mol. The molecule has 1 aromatic heterocycles. The molecule has 0 saturated heterocycles. The van der Waals surface area contributed by atoms with Gasteiger partial charge in [-0.3, -0.25) is 4.79 Å². The van der Waals surface area contributed by atoms with Gasteiger partial charge in [-0.15, -0.1) is 0 Å². The average molecular weight is 209 g/mol. The Hall–Kier alpha value is -1.39. The quantitative estimate of drug-likeness (QED) is 0.802. The molecule has 0 aromatic carbocycles. The van der Waals surface area contributed by atoms with E-state index in [2.05, 4.69) is 17.0 Å². The van der Waals surface area contributed by atoms with Crippen LogP contribution in [-0.4, -0.2) is 25.8 Å². The molecule has 1 aromatic rings. The van der Waals surface area contributed by atoms with Crippen molar-refractivity contribution in [3.05, 3.63) is 11.6 Å². The van der Waals surface area contributed by atoms with E-state index in [4.69, 9.17) is 5.11 Å². The van der Waals surface area contributed by atoms with Crippen molar-refractivity contribution in [1.82, 2.24) is 14.8 Å². The predicted molar refractivity (Wildman–Crippen MR) is 53.5 cm³/mol. The summed E-state index contributed by atoms with van der Waals surface area (Å²) in [5.41, 5.74) is 0. The maximum atomic E-state index is 10.8. The molecule has 1 unspecified atom stereocenters. The van der Waals surface area contributed by atoms with Crippen LogP contribution in [0, 0.1) is 5.92 Å². The van der Waals surface area contributed by atoms with Crippen molar-refractivity contribution < 1.29 is 9.90 Å². The van der Waals surface area contributed by atoms with Gasteiger partial charge in [-0.1, -0.05) is 6.92 Å². The van der Waals surface area contributed by atoms with E-state index in [1.54, 1.807) is 4.68 Å². The first-order valence-electron chi connectivity index (χ1n) is 5.36. The number of aryl methyl sites for hydroxylation is 2. The molecule has 5 heteroatoms. The van der Waals surface area contributed by atoms with Crippen molar-refractivity contribution in [2.75, 3.05) is 0 Å². The highest BCUT2D eigenvalue weighted by atomic mass is 16.4. The lowest BCUT2D eigenvalue weighted by atomic mass is 10.0. The van der Waals surface area contributed by atoms with Crippen molar-refractivity contribution in [3.8, 4) is 0 Å². The highest BCUT2D eigenvalue weighted by Crippen LogP contribution is 2.18. The zero-order valence-electron chi connectivity index (χ0n) is 8.81. The monoisotopic (exact) mass is 209 g/mol. The Morgan fingerprint density at radius 2 is 2.47 bits per heavy atom. The van der Waals surface area contributed by atoms with Gasteiger partial charge in [0.15, 0.2) is 5.82 Å². The Kier molecular flexibility index (Phi) is 2.70. The fraction of sp³-hybridized carbons (Fsp3) is 0.700. The maximum Gasteiger partial charge on any atom is 0.308 e. The van der Waals surface area contributed by atoms with Crippen LogP contribution in [0.1, 0.15) is 31.4 Å². The summed E-state index contributed by atoms with van der Waals surface area (Å²) < 4.78 is 1.76. The number of aromatic nitrogens is 3. The Morgan fingerprint density at radius 3 is 3.13 bits per heavy atom. The van der Waals surface area contributed by atoms with Gasteiger partial charge in [0.05, 0.1) is 12.5 Å². The Morgan fingerprint density at radius 1 is 1.67 bits per heavy atom. The summed E-state index contributed by atoms with van der Waals surface area (Å²) in [5.74, 6) is 0.761. The van der Waals surface area contributed by atoms with E-state index in [1.807, 2.05) is 0 Å². The summed E-state index contributed by atoms with van der Waals surface area (Å²) in [6.45, 7) is 2.56. The minimum Gasteiger partial charge on any atom is -0.481 e. The van der Waals surface area contributed by atoms with Crippen LogP contribution in [0.4, 0.5) is 0 Å². The first-order valence-corrected chi connectivity index (χ1v) is 5.36. The molecule has 2 rings (SSSR count). The zero-order valence-corrected chi connectivity index (χ0v) is 8.81. The summed E-state index contributed by atoms with van der Waals surface area (Å²) >= 11 is 0. The van der Waals surface area contributed by atoms with Gasteiger partial charge in [0, 0.05) is 12.8 Å². The molecule has 0 amide bonds. The molecule has 82 valence electrons. The minimum atomic E-state index is -0.729. The minimum absolute atomic E-state index is 0.298. The average Bonchev–Trinajstić information content (AvgIpc) is 2.59. The lowest BCUT2D eigenvalue weighted by Crippen LogP contribution is -2.27. The van der Waals surface area contributed by atoms with Gasteiger partial charge in [-0.05, 0) is 12.8 Å². The first-order chi connectivity index (χ1) is 7.20. The van der Waals surface area contributed by atoms with E-state index in [0.29, 0.717) is 13.0 Å². The molecule has 0 saturated carbocycles. The molecule has 0 spiro atoms. The SMILES string of the molecule is CCCc1nc2n(n1)CC(C(=O)O)CC2. The van der Waals surface area contributed by atoms with Gasteiger partial charge >= 0.3 is 5.97 Å². The largest absolute Gasteiger partial charge is 0.481 e. The van der Waals surface area contributed by atoms with E-state index in [9.17, 15) is 4.79 Å². The molecule has 0 bridgehead atoms. The molecule has 0 aliphatic carbocycles. The third kappa shape index (κ3) is 2.00. The van der Waals surface area contributed by atoms with Crippen molar-refractivity contribution in [3.63, 3.8) is 0 Å². The number of fused-ring (bicyclic) bond motifs is 1. The Labute approximate surface area is 88.1 Å². The van der Waals surface area contributed by atoms with E-state index >= 15 is 0 Å². The van der Waals surface area contributed by atoms with Gasteiger partial charge in [0.25, 0.3) is 0 Å². The lowest BCUT2D eigenvalue weighted by molar-refractivity contribution is -0.142. The molecule has 5 nitrogen and oxygen atoms in total. The number of hydrogen-bond acceptors (Lipinski definition) is 3. The summed E-state index contributed by atoms with van der Waals surface area (Å²) in [6, 6.07) is 0. The second-order valence-corrected chi connectivity index (χ2v) is 3.95. The van der Waals surface area contributed by atoms with Crippen molar-refractivity contribution in [1.29, 1.82) is 0 Å². The van der Waals surface area contributed by atoms with Gasteiger partial charge in [-0.25, -0.2) is 9.67 Å². The second-order valence-electron chi connectivity index (χ2n) is 3.95.